The highest BCUT2D eigenvalue weighted by atomic mass is 32.2. The van der Waals surface area contributed by atoms with E-state index in [2.05, 4.69) is 27.6 Å². The number of rotatable bonds is 8. The van der Waals surface area contributed by atoms with Gasteiger partial charge in [-0.1, -0.05) is 54.2 Å². The third-order valence-corrected chi connectivity index (χ3v) is 5.95. The minimum absolute atomic E-state index is 0.00236. The molecule has 1 heterocycles. The largest absolute Gasteiger partial charge is 0.352 e. The lowest BCUT2D eigenvalue weighted by atomic mass is 10.1. The molecule has 2 aromatic carbocycles. The van der Waals surface area contributed by atoms with Crippen LogP contribution in [0.4, 0.5) is 4.39 Å². The Morgan fingerprint density at radius 1 is 1.17 bits per heavy atom. The van der Waals surface area contributed by atoms with E-state index in [1.165, 1.54) is 23.4 Å². The Labute approximate surface area is 173 Å². The van der Waals surface area contributed by atoms with Crippen LogP contribution in [0.1, 0.15) is 25.3 Å². The number of aryl methyl sites for hydroxylation is 1. The molecule has 0 saturated heterocycles. The summed E-state index contributed by atoms with van der Waals surface area (Å²) in [5, 5.41) is 11.9. The van der Waals surface area contributed by atoms with Crippen LogP contribution in [0, 0.1) is 5.82 Å². The van der Waals surface area contributed by atoms with Crippen LogP contribution in [-0.4, -0.2) is 32.0 Å². The third-order valence-electron chi connectivity index (χ3n) is 4.87. The molecular formula is C22H23FN4OS. The van der Waals surface area contributed by atoms with Crippen molar-refractivity contribution >= 4 is 17.7 Å². The van der Waals surface area contributed by atoms with Gasteiger partial charge in [-0.3, -0.25) is 4.79 Å². The molecule has 7 heteroatoms. The van der Waals surface area contributed by atoms with Crippen LogP contribution in [0.2, 0.25) is 0 Å². The molecule has 0 spiro atoms. The molecule has 0 unspecified atom stereocenters. The molecule has 1 aliphatic rings. The molecule has 1 atom stereocenters. The van der Waals surface area contributed by atoms with Crippen molar-refractivity contribution in [1.82, 2.24) is 20.1 Å². The van der Waals surface area contributed by atoms with Gasteiger partial charge in [-0.25, -0.2) is 4.39 Å². The number of halogens is 1. The van der Waals surface area contributed by atoms with Crippen LogP contribution >= 0.6 is 11.8 Å². The number of thioether (sulfide) groups is 1. The van der Waals surface area contributed by atoms with Crippen LogP contribution < -0.4 is 5.32 Å². The summed E-state index contributed by atoms with van der Waals surface area (Å²) < 4.78 is 16.3. The minimum atomic E-state index is -0.336. The summed E-state index contributed by atoms with van der Waals surface area (Å²) in [7, 11) is 0. The van der Waals surface area contributed by atoms with Gasteiger partial charge >= 0.3 is 0 Å². The molecule has 0 bridgehead atoms. The zero-order chi connectivity index (χ0) is 20.2. The fourth-order valence-corrected chi connectivity index (χ4v) is 3.95. The summed E-state index contributed by atoms with van der Waals surface area (Å²) in [5.74, 6) is 0.149. The first-order valence-electron chi connectivity index (χ1n) is 9.81. The van der Waals surface area contributed by atoms with E-state index >= 15 is 0 Å². The summed E-state index contributed by atoms with van der Waals surface area (Å²) in [6, 6.07) is 17.0. The van der Waals surface area contributed by atoms with Crippen molar-refractivity contribution in [2.45, 2.75) is 49.2 Å². The zero-order valence-corrected chi connectivity index (χ0v) is 17.0. The second-order valence-electron chi connectivity index (χ2n) is 7.22. The second-order valence-corrected chi connectivity index (χ2v) is 8.52. The lowest BCUT2D eigenvalue weighted by Crippen LogP contribution is -2.32. The predicted octanol–water partition coefficient (Wildman–Crippen LogP) is 4.09. The molecule has 0 radical (unpaired) electrons. The molecule has 5 nitrogen and oxygen atoms in total. The van der Waals surface area contributed by atoms with E-state index < -0.39 is 0 Å². The lowest BCUT2D eigenvalue weighted by molar-refractivity contribution is -0.120. The van der Waals surface area contributed by atoms with Crippen LogP contribution in [0.3, 0.4) is 0 Å². The van der Waals surface area contributed by atoms with Crippen molar-refractivity contribution in [3.05, 3.63) is 66.0 Å². The molecule has 4 rings (SSSR count). The van der Waals surface area contributed by atoms with Gasteiger partial charge in [0.05, 0.1) is 10.8 Å². The molecule has 1 fully saturated rings. The molecule has 3 aromatic rings. The maximum Gasteiger partial charge on any atom is 0.233 e. The van der Waals surface area contributed by atoms with Crippen LogP contribution in [0.5, 0.6) is 0 Å². The number of carbonyl (C=O) groups excluding carboxylic acids is 1. The SMILES string of the molecule is C[C@H](Sc1nnc(-c2ccccc2F)n1CCc1ccccc1)C(=O)NC1CC1. The summed E-state index contributed by atoms with van der Waals surface area (Å²) in [6.45, 7) is 2.46. The fourth-order valence-electron chi connectivity index (χ4n) is 3.06. The van der Waals surface area contributed by atoms with Crippen molar-refractivity contribution in [3.63, 3.8) is 0 Å². The molecule has 1 amide bonds. The number of hydrogen-bond donors (Lipinski definition) is 1. The van der Waals surface area contributed by atoms with Crippen LogP contribution in [0.25, 0.3) is 11.4 Å². The smallest absolute Gasteiger partial charge is 0.233 e. The zero-order valence-electron chi connectivity index (χ0n) is 16.2. The first-order valence-corrected chi connectivity index (χ1v) is 10.7. The quantitative estimate of drug-likeness (QED) is 0.569. The van der Waals surface area contributed by atoms with Crippen molar-refractivity contribution < 1.29 is 9.18 Å². The summed E-state index contributed by atoms with van der Waals surface area (Å²) >= 11 is 1.36. The predicted molar refractivity (Wildman–Crippen MR) is 112 cm³/mol. The molecule has 1 N–H and O–H groups in total. The van der Waals surface area contributed by atoms with E-state index in [1.54, 1.807) is 18.2 Å². The first kappa shape index (κ1) is 19.6. The number of amides is 1. The van der Waals surface area contributed by atoms with Gasteiger partial charge in [0, 0.05) is 12.6 Å². The van der Waals surface area contributed by atoms with Crippen molar-refractivity contribution in [2.75, 3.05) is 0 Å². The average Bonchev–Trinajstić information content (AvgIpc) is 3.46. The molecule has 1 saturated carbocycles. The number of benzene rings is 2. The number of nitrogens with zero attached hydrogens (tertiary/aromatic N) is 3. The van der Waals surface area contributed by atoms with E-state index in [0.717, 1.165) is 19.3 Å². The molecule has 29 heavy (non-hydrogen) atoms. The Bertz CT molecular complexity index is 987. The van der Waals surface area contributed by atoms with E-state index in [1.807, 2.05) is 29.7 Å². The summed E-state index contributed by atoms with van der Waals surface area (Å²) in [5.41, 5.74) is 1.59. The highest BCUT2D eigenvalue weighted by Gasteiger charge is 2.27. The van der Waals surface area contributed by atoms with Crippen LogP contribution in [-0.2, 0) is 17.8 Å². The fraction of sp³-hybridized carbons (Fsp3) is 0.318. The van der Waals surface area contributed by atoms with Gasteiger partial charge in [0.1, 0.15) is 5.82 Å². The van der Waals surface area contributed by atoms with E-state index in [4.69, 9.17) is 0 Å². The first-order chi connectivity index (χ1) is 14.1. The number of nitrogens with one attached hydrogen (secondary N) is 1. The minimum Gasteiger partial charge on any atom is -0.352 e. The van der Waals surface area contributed by atoms with Gasteiger partial charge in [0.15, 0.2) is 11.0 Å². The van der Waals surface area contributed by atoms with Gasteiger partial charge in [-0.2, -0.15) is 0 Å². The van der Waals surface area contributed by atoms with Crippen molar-refractivity contribution in [3.8, 4) is 11.4 Å². The average molecular weight is 411 g/mol. The Morgan fingerprint density at radius 2 is 1.90 bits per heavy atom. The summed E-state index contributed by atoms with van der Waals surface area (Å²) in [4.78, 5) is 12.4. The Hall–Kier alpha value is -2.67. The van der Waals surface area contributed by atoms with E-state index in [0.29, 0.717) is 29.1 Å². The lowest BCUT2D eigenvalue weighted by Gasteiger charge is -2.14. The number of carbonyl (C=O) groups is 1. The van der Waals surface area contributed by atoms with Gasteiger partial charge in [-0.15, -0.1) is 10.2 Å². The Kier molecular flexibility index (Phi) is 5.94. The third kappa shape index (κ3) is 4.85. The molecule has 0 aliphatic heterocycles. The van der Waals surface area contributed by atoms with Gasteiger partial charge in [0.25, 0.3) is 0 Å². The standard InChI is InChI=1S/C22H23FN4OS/c1-15(21(28)24-17-11-12-17)29-22-26-25-20(18-9-5-6-10-19(18)23)27(22)14-13-16-7-3-2-4-8-16/h2-10,15,17H,11-14H2,1H3,(H,24,28)/t15-/m0/s1. The Morgan fingerprint density at radius 3 is 2.62 bits per heavy atom. The molecule has 150 valence electrons. The number of hydrogen-bond acceptors (Lipinski definition) is 4. The highest BCUT2D eigenvalue weighted by Crippen LogP contribution is 2.29. The number of aromatic nitrogens is 3. The van der Waals surface area contributed by atoms with Gasteiger partial charge < -0.3 is 9.88 Å². The molecular weight excluding hydrogens is 387 g/mol. The normalized spacial score (nSPS) is 14.6. The second kappa shape index (κ2) is 8.78. The summed E-state index contributed by atoms with van der Waals surface area (Å²) in [6.07, 6.45) is 2.86. The Balaban J connectivity index is 1.59. The van der Waals surface area contributed by atoms with Crippen LogP contribution in [0.15, 0.2) is 59.8 Å². The van der Waals surface area contributed by atoms with Crippen molar-refractivity contribution in [2.24, 2.45) is 0 Å². The highest BCUT2D eigenvalue weighted by molar-refractivity contribution is 8.00. The van der Waals surface area contributed by atoms with Gasteiger partial charge in [0.2, 0.25) is 5.91 Å². The van der Waals surface area contributed by atoms with E-state index in [-0.39, 0.29) is 17.0 Å². The monoisotopic (exact) mass is 410 g/mol. The molecule has 1 aliphatic carbocycles. The van der Waals surface area contributed by atoms with E-state index in [9.17, 15) is 9.18 Å². The maximum atomic E-state index is 14.4. The topological polar surface area (TPSA) is 59.8 Å². The molecule has 1 aromatic heterocycles. The maximum absolute atomic E-state index is 14.4. The van der Waals surface area contributed by atoms with Crippen molar-refractivity contribution in [1.29, 1.82) is 0 Å². The van der Waals surface area contributed by atoms with Gasteiger partial charge in [-0.05, 0) is 43.9 Å².